The summed E-state index contributed by atoms with van der Waals surface area (Å²) in [6, 6.07) is 0. The Balaban J connectivity index is 3.56. The number of hydrogen-bond acceptors (Lipinski definition) is 2. The van der Waals surface area contributed by atoms with Crippen molar-refractivity contribution in [3.05, 3.63) is 24.3 Å². The van der Waals surface area contributed by atoms with Gasteiger partial charge in [0.15, 0.2) is 0 Å². The molecular formula is C11H14O2. The van der Waals surface area contributed by atoms with Crippen LogP contribution in [0, 0.1) is 12.3 Å². The highest BCUT2D eigenvalue weighted by Crippen LogP contribution is 1.89. The zero-order valence-electron chi connectivity index (χ0n) is 7.82. The van der Waals surface area contributed by atoms with E-state index in [0.717, 1.165) is 12.8 Å². The Morgan fingerprint density at radius 3 is 2.92 bits per heavy atom. The van der Waals surface area contributed by atoms with Crippen LogP contribution in [0.5, 0.6) is 0 Å². The second-order valence-corrected chi connectivity index (χ2v) is 2.28. The van der Waals surface area contributed by atoms with Crippen LogP contribution in [0.4, 0.5) is 0 Å². The first kappa shape index (κ1) is 11.5. The van der Waals surface area contributed by atoms with Gasteiger partial charge in [-0.2, -0.15) is 0 Å². The number of allylic oxidation sites excluding steroid dienone is 3. The average molecular weight is 178 g/mol. The molecule has 0 spiro atoms. The van der Waals surface area contributed by atoms with Gasteiger partial charge in [-0.1, -0.05) is 18.2 Å². The fourth-order valence-corrected chi connectivity index (χ4v) is 0.666. The molecule has 13 heavy (non-hydrogen) atoms. The van der Waals surface area contributed by atoms with Gasteiger partial charge in [-0.15, -0.1) is 12.3 Å². The van der Waals surface area contributed by atoms with Crippen LogP contribution in [0.15, 0.2) is 24.3 Å². The zero-order valence-corrected chi connectivity index (χ0v) is 7.82. The normalized spacial score (nSPS) is 10.5. The van der Waals surface area contributed by atoms with E-state index in [-0.39, 0.29) is 5.97 Å². The average Bonchev–Trinajstić information content (AvgIpc) is 2.11. The van der Waals surface area contributed by atoms with Crippen molar-refractivity contribution in [3.8, 4) is 12.3 Å². The lowest BCUT2D eigenvalue weighted by Crippen LogP contribution is -1.98. The first-order valence-electron chi connectivity index (χ1n) is 4.24. The summed E-state index contributed by atoms with van der Waals surface area (Å²) in [6.45, 7) is 2.18. The molecule has 0 rings (SSSR count). The fraction of sp³-hybridized carbons (Fsp3) is 0.364. The molecule has 0 N–H and O–H groups in total. The van der Waals surface area contributed by atoms with E-state index in [2.05, 4.69) is 10.7 Å². The highest BCUT2D eigenvalue weighted by atomic mass is 16.5. The van der Waals surface area contributed by atoms with Crippen LogP contribution in [0.25, 0.3) is 0 Å². The van der Waals surface area contributed by atoms with Crippen molar-refractivity contribution in [3.63, 3.8) is 0 Å². The Labute approximate surface area is 79.3 Å². The van der Waals surface area contributed by atoms with Crippen LogP contribution in [0.2, 0.25) is 0 Å². The minimum atomic E-state index is -0.316. The monoisotopic (exact) mass is 178 g/mol. The van der Waals surface area contributed by atoms with Crippen molar-refractivity contribution in [1.29, 1.82) is 0 Å². The van der Waals surface area contributed by atoms with Crippen LogP contribution in [-0.4, -0.2) is 12.6 Å². The topological polar surface area (TPSA) is 26.3 Å². The maximum absolute atomic E-state index is 10.8. The molecule has 2 heteroatoms. The van der Waals surface area contributed by atoms with E-state index >= 15 is 0 Å². The molecule has 0 saturated carbocycles. The number of terminal acetylenes is 1. The molecule has 0 aromatic carbocycles. The molecule has 0 atom stereocenters. The van der Waals surface area contributed by atoms with Crippen LogP contribution in [0.3, 0.4) is 0 Å². The SMILES string of the molecule is C#CCC/C=C/C=C/C(=O)OCC. The number of carbonyl (C=O) groups is 1. The molecule has 0 amide bonds. The van der Waals surface area contributed by atoms with Gasteiger partial charge < -0.3 is 4.74 Å². The predicted octanol–water partition coefficient (Wildman–Crippen LogP) is 2.08. The van der Waals surface area contributed by atoms with Gasteiger partial charge in [-0.05, 0) is 13.3 Å². The number of esters is 1. The van der Waals surface area contributed by atoms with E-state index < -0.39 is 0 Å². The van der Waals surface area contributed by atoms with Gasteiger partial charge >= 0.3 is 5.97 Å². The molecule has 0 unspecified atom stereocenters. The van der Waals surface area contributed by atoms with E-state index in [1.54, 1.807) is 19.1 Å². The Hall–Kier alpha value is -1.49. The molecule has 0 aromatic rings. The lowest BCUT2D eigenvalue weighted by Gasteiger charge is -1.92. The summed E-state index contributed by atoms with van der Waals surface area (Å²) in [5, 5.41) is 0. The summed E-state index contributed by atoms with van der Waals surface area (Å²) in [5.41, 5.74) is 0. The van der Waals surface area contributed by atoms with Gasteiger partial charge in [0.05, 0.1) is 6.61 Å². The molecule has 0 aliphatic carbocycles. The maximum Gasteiger partial charge on any atom is 0.330 e. The summed E-state index contributed by atoms with van der Waals surface area (Å²) in [7, 11) is 0. The number of rotatable bonds is 5. The van der Waals surface area contributed by atoms with Gasteiger partial charge in [0.25, 0.3) is 0 Å². The van der Waals surface area contributed by atoms with E-state index in [1.165, 1.54) is 6.08 Å². The van der Waals surface area contributed by atoms with Crippen LogP contribution in [-0.2, 0) is 9.53 Å². The summed E-state index contributed by atoms with van der Waals surface area (Å²) < 4.78 is 4.68. The first-order valence-corrected chi connectivity index (χ1v) is 4.24. The van der Waals surface area contributed by atoms with E-state index in [9.17, 15) is 4.79 Å². The quantitative estimate of drug-likeness (QED) is 0.212. The second kappa shape index (κ2) is 8.61. The largest absolute Gasteiger partial charge is 0.463 e. The Morgan fingerprint density at radius 1 is 1.54 bits per heavy atom. The molecule has 0 fully saturated rings. The molecule has 70 valence electrons. The number of carbonyl (C=O) groups excluding carboxylic acids is 1. The molecule has 0 bridgehead atoms. The summed E-state index contributed by atoms with van der Waals surface area (Å²) >= 11 is 0. The maximum atomic E-state index is 10.8. The lowest BCUT2D eigenvalue weighted by molar-refractivity contribution is -0.137. The minimum absolute atomic E-state index is 0.316. The zero-order chi connectivity index (χ0) is 9.94. The molecule has 0 heterocycles. The first-order chi connectivity index (χ1) is 6.31. The highest BCUT2D eigenvalue weighted by Gasteiger charge is 1.89. The van der Waals surface area contributed by atoms with Gasteiger partial charge in [-0.25, -0.2) is 4.79 Å². The van der Waals surface area contributed by atoms with Crippen LogP contribution in [0.1, 0.15) is 19.8 Å². The van der Waals surface area contributed by atoms with Crippen molar-refractivity contribution in [2.24, 2.45) is 0 Å². The van der Waals surface area contributed by atoms with Gasteiger partial charge in [0, 0.05) is 12.5 Å². The lowest BCUT2D eigenvalue weighted by atomic mass is 10.3. The van der Waals surface area contributed by atoms with Crippen molar-refractivity contribution in [2.45, 2.75) is 19.8 Å². The molecule has 0 saturated heterocycles. The second-order valence-electron chi connectivity index (χ2n) is 2.28. The molecule has 0 aromatic heterocycles. The Morgan fingerprint density at radius 2 is 2.31 bits per heavy atom. The van der Waals surface area contributed by atoms with E-state index in [0.29, 0.717) is 6.61 Å². The van der Waals surface area contributed by atoms with Crippen molar-refractivity contribution < 1.29 is 9.53 Å². The molecule has 2 nitrogen and oxygen atoms in total. The van der Waals surface area contributed by atoms with Gasteiger partial charge in [0.2, 0.25) is 0 Å². The van der Waals surface area contributed by atoms with Crippen LogP contribution < -0.4 is 0 Å². The Kier molecular flexibility index (Phi) is 7.62. The van der Waals surface area contributed by atoms with E-state index in [4.69, 9.17) is 6.42 Å². The van der Waals surface area contributed by atoms with Gasteiger partial charge in [-0.3, -0.25) is 0 Å². The summed E-state index contributed by atoms with van der Waals surface area (Å²) in [6.07, 6.45) is 13.3. The number of unbranched alkanes of at least 4 members (excludes halogenated alkanes) is 1. The third kappa shape index (κ3) is 8.42. The van der Waals surface area contributed by atoms with Crippen molar-refractivity contribution >= 4 is 5.97 Å². The third-order valence-corrected chi connectivity index (χ3v) is 1.22. The number of ether oxygens (including phenoxy) is 1. The smallest absolute Gasteiger partial charge is 0.330 e. The number of hydrogen-bond donors (Lipinski definition) is 0. The standard InChI is InChI=1S/C11H14O2/c1-3-5-6-7-8-9-10-11(12)13-4-2/h1,7-10H,4-6H2,2H3/b8-7+,10-9+. The van der Waals surface area contributed by atoms with Crippen molar-refractivity contribution in [1.82, 2.24) is 0 Å². The molecule has 0 radical (unpaired) electrons. The third-order valence-electron chi connectivity index (χ3n) is 1.22. The highest BCUT2D eigenvalue weighted by molar-refractivity contribution is 5.82. The fourth-order valence-electron chi connectivity index (χ4n) is 0.666. The van der Waals surface area contributed by atoms with E-state index in [1.807, 2.05) is 6.08 Å². The predicted molar refractivity (Wildman–Crippen MR) is 53.0 cm³/mol. The minimum Gasteiger partial charge on any atom is -0.463 e. The van der Waals surface area contributed by atoms with Crippen LogP contribution >= 0.6 is 0 Å². The Bertz CT molecular complexity index is 231. The van der Waals surface area contributed by atoms with Gasteiger partial charge in [0.1, 0.15) is 0 Å². The molecule has 0 aliphatic heterocycles. The summed E-state index contributed by atoms with van der Waals surface area (Å²) in [5.74, 6) is 2.21. The summed E-state index contributed by atoms with van der Waals surface area (Å²) in [4.78, 5) is 10.8. The molecular weight excluding hydrogens is 164 g/mol. The molecule has 0 aliphatic rings. The van der Waals surface area contributed by atoms with Crippen molar-refractivity contribution in [2.75, 3.05) is 6.61 Å².